The van der Waals surface area contributed by atoms with Crippen LogP contribution >= 0.6 is 0 Å². The zero-order valence-electron chi connectivity index (χ0n) is 10.0. The average molecular weight is 225 g/mol. The molecule has 3 nitrogen and oxygen atoms in total. The van der Waals surface area contributed by atoms with E-state index >= 15 is 0 Å². The maximum atomic E-state index is 10.9. The second-order valence-electron chi connectivity index (χ2n) is 5.78. The first-order chi connectivity index (χ1) is 7.78. The molecule has 0 aliphatic carbocycles. The lowest BCUT2D eigenvalue weighted by Gasteiger charge is -2.46. The van der Waals surface area contributed by atoms with Crippen molar-refractivity contribution in [3.63, 3.8) is 0 Å². The van der Waals surface area contributed by atoms with Crippen LogP contribution in [-0.2, 0) is 4.74 Å². The zero-order valence-corrected chi connectivity index (χ0v) is 10.0. The van der Waals surface area contributed by atoms with Gasteiger partial charge in [0.05, 0.1) is 5.60 Å². The van der Waals surface area contributed by atoms with Crippen LogP contribution in [-0.4, -0.2) is 48.0 Å². The Morgan fingerprint density at radius 1 is 1.12 bits per heavy atom. The molecule has 3 saturated heterocycles. The van der Waals surface area contributed by atoms with Gasteiger partial charge < -0.3 is 14.7 Å². The third-order valence-corrected chi connectivity index (χ3v) is 4.90. The predicted molar refractivity (Wildman–Crippen MR) is 62.3 cm³/mol. The molecule has 0 amide bonds. The predicted octanol–water partition coefficient (Wildman–Crippen LogP) is 1.40. The molecule has 3 aliphatic rings. The van der Waals surface area contributed by atoms with Crippen LogP contribution in [0.5, 0.6) is 0 Å². The highest BCUT2D eigenvalue weighted by atomic mass is 16.5. The monoisotopic (exact) mass is 225 g/mol. The first kappa shape index (κ1) is 11.0. The van der Waals surface area contributed by atoms with Crippen LogP contribution in [0.4, 0.5) is 0 Å². The molecular formula is C13H23NO2. The van der Waals surface area contributed by atoms with Crippen molar-refractivity contribution >= 4 is 0 Å². The van der Waals surface area contributed by atoms with E-state index in [0.29, 0.717) is 12.0 Å². The molecule has 1 N–H and O–H groups in total. The summed E-state index contributed by atoms with van der Waals surface area (Å²) < 4.78 is 5.40. The number of fused-ring (bicyclic) bond motifs is 1. The van der Waals surface area contributed by atoms with Gasteiger partial charge in [-0.1, -0.05) is 0 Å². The Balaban J connectivity index is 1.68. The van der Waals surface area contributed by atoms with E-state index in [4.69, 9.17) is 4.74 Å². The topological polar surface area (TPSA) is 32.7 Å². The maximum Gasteiger partial charge on any atom is 0.0704 e. The minimum absolute atomic E-state index is 0.380. The Labute approximate surface area is 97.8 Å². The van der Waals surface area contributed by atoms with Crippen molar-refractivity contribution in [2.45, 2.75) is 50.2 Å². The molecule has 3 aliphatic heterocycles. The Morgan fingerprint density at radius 3 is 2.75 bits per heavy atom. The van der Waals surface area contributed by atoms with Gasteiger partial charge in [-0.25, -0.2) is 0 Å². The quantitative estimate of drug-likeness (QED) is 0.732. The van der Waals surface area contributed by atoms with Crippen molar-refractivity contribution in [2.24, 2.45) is 5.92 Å². The van der Waals surface area contributed by atoms with Crippen molar-refractivity contribution in [1.29, 1.82) is 0 Å². The van der Waals surface area contributed by atoms with Crippen LogP contribution in [0.3, 0.4) is 0 Å². The van der Waals surface area contributed by atoms with E-state index in [1.807, 2.05) is 0 Å². The average Bonchev–Trinajstić information content (AvgIpc) is 2.77. The van der Waals surface area contributed by atoms with Gasteiger partial charge in [-0.05, 0) is 51.0 Å². The summed E-state index contributed by atoms with van der Waals surface area (Å²) in [4.78, 5) is 2.58. The van der Waals surface area contributed by atoms with Crippen molar-refractivity contribution in [2.75, 3.05) is 26.3 Å². The van der Waals surface area contributed by atoms with Crippen LogP contribution in [0, 0.1) is 5.92 Å². The van der Waals surface area contributed by atoms with Gasteiger partial charge in [-0.2, -0.15) is 0 Å². The standard InChI is InChI=1S/C13H23NO2/c15-13(11-3-8-16-9-4-11)5-7-14-6-1-2-12(14)10-13/h11-12,15H,1-10H2. The summed E-state index contributed by atoms with van der Waals surface area (Å²) in [7, 11) is 0. The summed E-state index contributed by atoms with van der Waals surface area (Å²) in [5.74, 6) is 0.490. The molecule has 0 saturated carbocycles. The van der Waals surface area contributed by atoms with Crippen LogP contribution in [0.1, 0.15) is 38.5 Å². The summed E-state index contributed by atoms with van der Waals surface area (Å²) in [6, 6.07) is 0.668. The highest BCUT2D eigenvalue weighted by Gasteiger charge is 2.45. The van der Waals surface area contributed by atoms with Crippen molar-refractivity contribution in [3.05, 3.63) is 0 Å². The largest absolute Gasteiger partial charge is 0.389 e. The number of aliphatic hydroxyl groups is 1. The first-order valence-corrected chi connectivity index (χ1v) is 6.82. The van der Waals surface area contributed by atoms with Crippen LogP contribution in [0.15, 0.2) is 0 Å². The van der Waals surface area contributed by atoms with Crippen LogP contribution < -0.4 is 0 Å². The maximum absolute atomic E-state index is 10.9. The fourth-order valence-corrected chi connectivity index (χ4v) is 3.87. The van der Waals surface area contributed by atoms with Gasteiger partial charge in [0.1, 0.15) is 0 Å². The molecule has 0 spiro atoms. The number of nitrogens with zero attached hydrogens (tertiary/aromatic N) is 1. The smallest absolute Gasteiger partial charge is 0.0704 e. The highest BCUT2D eigenvalue weighted by Crippen LogP contribution is 2.40. The lowest BCUT2D eigenvalue weighted by atomic mass is 9.73. The molecule has 0 bridgehead atoms. The van der Waals surface area contributed by atoms with E-state index in [0.717, 1.165) is 45.4 Å². The van der Waals surface area contributed by atoms with Gasteiger partial charge in [0.15, 0.2) is 0 Å². The molecule has 92 valence electrons. The fourth-order valence-electron chi connectivity index (χ4n) is 3.87. The normalized spacial score (nSPS) is 42.2. The van der Waals surface area contributed by atoms with Crippen molar-refractivity contribution in [3.8, 4) is 0 Å². The number of rotatable bonds is 1. The molecular weight excluding hydrogens is 202 g/mol. The lowest BCUT2D eigenvalue weighted by molar-refractivity contribution is -0.107. The molecule has 3 rings (SSSR count). The summed E-state index contributed by atoms with van der Waals surface area (Å²) >= 11 is 0. The summed E-state index contributed by atoms with van der Waals surface area (Å²) in [6.07, 6.45) is 6.73. The van der Waals surface area contributed by atoms with E-state index in [2.05, 4.69) is 4.90 Å². The number of hydrogen-bond acceptors (Lipinski definition) is 3. The van der Waals surface area contributed by atoms with Crippen LogP contribution in [0.2, 0.25) is 0 Å². The molecule has 3 heteroatoms. The molecule has 2 unspecified atom stereocenters. The van der Waals surface area contributed by atoms with Crippen LogP contribution in [0.25, 0.3) is 0 Å². The SMILES string of the molecule is OC1(C2CCOCC2)CCN2CCCC2C1. The lowest BCUT2D eigenvalue weighted by Crippen LogP contribution is -2.52. The van der Waals surface area contributed by atoms with Gasteiger partial charge in [0, 0.05) is 25.8 Å². The van der Waals surface area contributed by atoms with Gasteiger partial charge in [0.2, 0.25) is 0 Å². The van der Waals surface area contributed by atoms with Gasteiger partial charge in [0.25, 0.3) is 0 Å². The molecule has 0 aromatic carbocycles. The first-order valence-electron chi connectivity index (χ1n) is 6.82. The van der Waals surface area contributed by atoms with Crippen molar-refractivity contribution < 1.29 is 9.84 Å². The molecule has 0 aromatic rings. The van der Waals surface area contributed by atoms with E-state index in [1.165, 1.54) is 19.4 Å². The third kappa shape index (κ3) is 1.89. The molecule has 2 atom stereocenters. The summed E-state index contributed by atoms with van der Waals surface area (Å²) in [6.45, 7) is 4.07. The number of ether oxygens (including phenoxy) is 1. The van der Waals surface area contributed by atoms with E-state index in [9.17, 15) is 5.11 Å². The third-order valence-electron chi connectivity index (χ3n) is 4.90. The highest BCUT2D eigenvalue weighted by molar-refractivity contribution is 4.98. The second-order valence-corrected chi connectivity index (χ2v) is 5.78. The summed E-state index contributed by atoms with van der Waals surface area (Å²) in [5.41, 5.74) is -0.380. The summed E-state index contributed by atoms with van der Waals surface area (Å²) in [5, 5.41) is 10.9. The van der Waals surface area contributed by atoms with E-state index in [-0.39, 0.29) is 5.60 Å². The second kappa shape index (κ2) is 4.28. The minimum Gasteiger partial charge on any atom is -0.389 e. The Kier molecular flexibility index (Phi) is 2.94. The Bertz CT molecular complexity index is 252. The zero-order chi connectivity index (χ0) is 11.0. The van der Waals surface area contributed by atoms with Gasteiger partial charge in [-0.3, -0.25) is 0 Å². The van der Waals surface area contributed by atoms with E-state index in [1.54, 1.807) is 0 Å². The minimum atomic E-state index is -0.380. The Hall–Kier alpha value is -0.120. The number of piperidine rings is 1. The molecule has 0 aromatic heterocycles. The number of hydrogen-bond donors (Lipinski definition) is 1. The van der Waals surface area contributed by atoms with Gasteiger partial charge >= 0.3 is 0 Å². The fraction of sp³-hybridized carbons (Fsp3) is 1.00. The van der Waals surface area contributed by atoms with Gasteiger partial charge in [-0.15, -0.1) is 0 Å². The van der Waals surface area contributed by atoms with Crippen molar-refractivity contribution in [1.82, 2.24) is 4.90 Å². The Morgan fingerprint density at radius 2 is 1.94 bits per heavy atom. The molecule has 16 heavy (non-hydrogen) atoms. The van der Waals surface area contributed by atoms with E-state index < -0.39 is 0 Å². The molecule has 3 heterocycles. The molecule has 3 fully saturated rings. The molecule has 0 radical (unpaired) electrons.